The second-order valence-corrected chi connectivity index (χ2v) is 7.50. The first-order valence-electron chi connectivity index (χ1n) is 6.67. The summed E-state index contributed by atoms with van der Waals surface area (Å²) in [6, 6.07) is 14.9. The van der Waals surface area contributed by atoms with Crippen LogP contribution in [0, 0.1) is 6.92 Å². The summed E-state index contributed by atoms with van der Waals surface area (Å²) in [4.78, 5) is 0.414. The van der Waals surface area contributed by atoms with E-state index < -0.39 is 15.1 Å². The van der Waals surface area contributed by atoms with Crippen molar-refractivity contribution in [3.63, 3.8) is 0 Å². The Bertz CT molecular complexity index is 738. The molecule has 0 fully saturated rings. The zero-order chi connectivity index (χ0) is 14.3. The lowest BCUT2D eigenvalue weighted by atomic mass is 10.0. The first-order valence-corrected chi connectivity index (χ1v) is 8.21. The number of hydrogen-bond donors (Lipinski definition) is 1. The number of anilines is 1. The molecule has 0 saturated heterocycles. The first-order chi connectivity index (χ1) is 9.51. The maximum Gasteiger partial charge on any atom is 0.185 e. The van der Waals surface area contributed by atoms with Crippen molar-refractivity contribution in [2.45, 2.75) is 30.0 Å². The molecular weight excluding hydrogens is 270 g/mol. The van der Waals surface area contributed by atoms with E-state index in [1.54, 1.807) is 19.1 Å². The average Bonchev–Trinajstić information content (AvgIpc) is 2.45. The number of hydrogen-bond acceptors (Lipinski definition) is 3. The highest BCUT2D eigenvalue weighted by atomic mass is 32.2. The summed E-state index contributed by atoms with van der Waals surface area (Å²) >= 11 is 0. The van der Waals surface area contributed by atoms with Crippen LogP contribution in [0.2, 0.25) is 0 Å². The molecule has 0 saturated carbocycles. The summed E-state index contributed by atoms with van der Waals surface area (Å²) in [5.74, 6) is 0. The molecule has 0 radical (unpaired) electrons. The van der Waals surface area contributed by atoms with Gasteiger partial charge in [-0.3, -0.25) is 0 Å². The Morgan fingerprint density at radius 2 is 1.70 bits per heavy atom. The fourth-order valence-corrected chi connectivity index (χ4v) is 4.49. The normalized spacial score (nSPS) is 23.7. The zero-order valence-electron chi connectivity index (χ0n) is 11.5. The number of aryl methyl sites for hydroxylation is 1. The second kappa shape index (κ2) is 4.63. The van der Waals surface area contributed by atoms with E-state index in [4.69, 9.17) is 0 Å². The topological polar surface area (TPSA) is 46.2 Å². The Balaban J connectivity index is 2.18. The maximum atomic E-state index is 12.7. The fourth-order valence-electron chi connectivity index (χ4n) is 2.73. The summed E-state index contributed by atoms with van der Waals surface area (Å²) < 4.78 is 25.4. The Kier molecular flexibility index (Phi) is 3.05. The molecule has 1 aliphatic heterocycles. The van der Waals surface area contributed by atoms with Crippen LogP contribution in [0.25, 0.3) is 0 Å². The lowest BCUT2D eigenvalue weighted by Gasteiger charge is -2.33. The fraction of sp³-hybridized carbons (Fsp3) is 0.250. The molecule has 0 aliphatic carbocycles. The minimum atomic E-state index is -3.30. The minimum absolute atomic E-state index is 0.213. The van der Waals surface area contributed by atoms with Gasteiger partial charge in [0.1, 0.15) is 0 Å². The van der Waals surface area contributed by atoms with Gasteiger partial charge in [0.2, 0.25) is 0 Å². The number of nitrogens with one attached hydrogen (secondary N) is 1. The lowest BCUT2D eigenvalue weighted by Crippen LogP contribution is -2.36. The SMILES string of the molecule is Cc1cccc2c1NC(c1ccccc1)C(C)S2(=O)=O. The molecule has 20 heavy (non-hydrogen) atoms. The number of fused-ring (bicyclic) bond motifs is 1. The van der Waals surface area contributed by atoms with E-state index >= 15 is 0 Å². The molecule has 0 spiro atoms. The molecule has 3 rings (SSSR count). The summed E-state index contributed by atoms with van der Waals surface area (Å²) in [6.45, 7) is 3.70. The molecular formula is C16H17NO2S. The van der Waals surface area contributed by atoms with Crippen molar-refractivity contribution in [3.05, 3.63) is 59.7 Å². The molecule has 0 amide bonds. The third kappa shape index (κ3) is 1.91. The van der Waals surface area contributed by atoms with Gasteiger partial charge < -0.3 is 5.32 Å². The van der Waals surface area contributed by atoms with Gasteiger partial charge in [0.15, 0.2) is 9.84 Å². The van der Waals surface area contributed by atoms with E-state index in [0.29, 0.717) is 4.90 Å². The van der Waals surface area contributed by atoms with Crippen LogP contribution in [0.5, 0.6) is 0 Å². The van der Waals surface area contributed by atoms with Crippen LogP contribution in [0.1, 0.15) is 24.1 Å². The lowest BCUT2D eigenvalue weighted by molar-refractivity contribution is 0.565. The molecule has 1 heterocycles. The van der Waals surface area contributed by atoms with Crippen LogP contribution in [0.15, 0.2) is 53.4 Å². The van der Waals surface area contributed by atoms with Crippen LogP contribution in [0.3, 0.4) is 0 Å². The van der Waals surface area contributed by atoms with Gasteiger partial charge in [-0.05, 0) is 31.0 Å². The van der Waals surface area contributed by atoms with Gasteiger partial charge in [0.05, 0.1) is 21.9 Å². The van der Waals surface area contributed by atoms with Crippen molar-refractivity contribution < 1.29 is 8.42 Å². The van der Waals surface area contributed by atoms with Gasteiger partial charge >= 0.3 is 0 Å². The van der Waals surface area contributed by atoms with Crippen LogP contribution < -0.4 is 5.32 Å². The highest BCUT2D eigenvalue weighted by molar-refractivity contribution is 7.92. The predicted octanol–water partition coefficient (Wildman–Crippen LogP) is 3.32. The monoisotopic (exact) mass is 287 g/mol. The van der Waals surface area contributed by atoms with Gasteiger partial charge in [-0.25, -0.2) is 8.42 Å². The third-order valence-electron chi connectivity index (χ3n) is 3.96. The number of rotatable bonds is 1. The molecule has 0 aromatic heterocycles. The molecule has 2 unspecified atom stereocenters. The van der Waals surface area contributed by atoms with Crippen molar-refractivity contribution in [2.24, 2.45) is 0 Å². The minimum Gasteiger partial charge on any atom is -0.376 e. The van der Waals surface area contributed by atoms with Crippen LogP contribution >= 0.6 is 0 Å². The number of sulfone groups is 1. The molecule has 2 aromatic carbocycles. The van der Waals surface area contributed by atoms with Gasteiger partial charge in [-0.15, -0.1) is 0 Å². The van der Waals surface area contributed by atoms with Gasteiger partial charge in [-0.2, -0.15) is 0 Å². The maximum absolute atomic E-state index is 12.7. The first kappa shape index (κ1) is 13.2. The van der Waals surface area contributed by atoms with Crippen molar-refractivity contribution in [1.29, 1.82) is 0 Å². The highest BCUT2D eigenvalue weighted by Gasteiger charge is 2.38. The molecule has 0 bridgehead atoms. The van der Waals surface area contributed by atoms with Gasteiger partial charge in [0, 0.05) is 0 Å². The third-order valence-corrected chi connectivity index (χ3v) is 6.16. The molecule has 4 heteroatoms. The number of benzene rings is 2. The molecule has 2 aromatic rings. The van der Waals surface area contributed by atoms with Crippen molar-refractivity contribution in [1.82, 2.24) is 0 Å². The Morgan fingerprint density at radius 3 is 2.40 bits per heavy atom. The van der Waals surface area contributed by atoms with E-state index in [1.165, 1.54) is 0 Å². The van der Waals surface area contributed by atoms with Crippen molar-refractivity contribution in [3.8, 4) is 0 Å². The Hall–Kier alpha value is -1.81. The predicted molar refractivity (Wildman–Crippen MR) is 80.6 cm³/mol. The van der Waals surface area contributed by atoms with Crippen LogP contribution in [0.4, 0.5) is 5.69 Å². The van der Waals surface area contributed by atoms with Gasteiger partial charge in [-0.1, -0.05) is 42.5 Å². The largest absolute Gasteiger partial charge is 0.376 e. The summed E-state index contributed by atoms with van der Waals surface area (Å²) in [7, 11) is -3.30. The van der Waals surface area contributed by atoms with Crippen molar-refractivity contribution in [2.75, 3.05) is 5.32 Å². The average molecular weight is 287 g/mol. The van der Waals surface area contributed by atoms with E-state index in [9.17, 15) is 8.42 Å². The Labute approximate surface area is 119 Å². The molecule has 104 valence electrons. The molecule has 3 nitrogen and oxygen atoms in total. The quantitative estimate of drug-likeness (QED) is 0.875. The summed E-state index contributed by atoms with van der Waals surface area (Å²) in [5.41, 5.74) is 2.69. The van der Waals surface area contributed by atoms with Gasteiger partial charge in [0.25, 0.3) is 0 Å². The summed E-state index contributed by atoms with van der Waals surface area (Å²) in [5, 5.41) is 2.92. The molecule has 2 atom stereocenters. The number of para-hydroxylation sites is 1. The zero-order valence-corrected chi connectivity index (χ0v) is 12.3. The molecule has 1 N–H and O–H groups in total. The Morgan fingerprint density at radius 1 is 1.00 bits per heavy atom. The summed E-state index contributed by atoms with van der Waals surface area (Å²) in [6.07, 6.45) is 0. The molecule has 1 aliphatic rings. The van der Waals surface area contributed by atoms with E-state index in [1.807, 2.05) is 43.3 Å². The van der Waals surface area contributed by atoms with E-state index in [-0.39, 0.29) is 6.04 Å². The van der Waals surface area contributed by atoms with E-state index in [0.717, 1.165) is 16.8 Å². The van der Waals surface area contributed by atoms with Crippen molar-refractivity contribution >= 4 is 15.5 Å². The standard InChI is InChI=1S/C16H17NO2S/c1-11-7-6-10-14-15(11)17-16(12(2)20(14,18)19)13-8-4-3-5-9-13/h3-10,12,16-17H,1-2H3. The van der Waals surface area contributed by atoms with Crippen LogP contribution in [-0.4, -0.2) is 13.7 Å². The van der Waals surface area contributed by atoms with E-state index in [2.05, 4.69) is 5.32 Å². The van der Waals surface area contributed by atoms with Crippen LogP contribution in [-0.2, 0) is 9.84 Å². The highest BCUT2D eigenvalue weighted by Crippen LogP contribution is 2.40. The smallest absolute Gasteiger partial charge is 0.185 e. The second-order valence-electron chi connectivity index (χ2n) is 5.23.